The fraction of sp³-hybridized carbons (Fsp3) is 0.464. The highest BCUT2D eigenvalue weighted by Gasteiger charge is 2.26. The molecule has 1 aliphatic heterocycles. The average molecular weight is 495 g/mol. The van der Waals surface area contributed by atoms with Crippen molar-refractivity contribution in [2.45, 2.75) is 52.0 Å². The van der Waals surface area contributed by atoms with Crippen molar-refractivity contribution in [2.24, 2.45) is 5.92 Å². The molecule has 0 spiro atoms. The minimum atomic E-state index is -0.259. The number of piperidine rings is 1. The third kappa shape index (κ3) is 8.09. The van der Waals surface area contributed by atoms with E-state index >= 15 is 0 Å². The number of benzene rings is 2. The van der Waals surface area contributed by atoms with Crippen LogP contribution in [0.15, 0.2) is 48.5 Å². The van der Waals surface area contributed by atoms with E-state index in [2.05, 4.69) is 27.8 Å². The first-order chi connectivity index (χ1) is 17.4. The molecule has 1 heterocycles. The summed E-state index contributed by atoms with van der Waals surface area (Å²) in [6, 6.07) is 14.2. The summed E-state index contributed by atoms with van der Waals surface area (Å²) in [5, 5.41) is 8.85. The second-order valence-electron chi connectivity index (χ2n) is 9.37. The molecule has 1 fully saturated rings. The van der Waals surface area contributed by atoms with Gasteiger partial charge in [-0.05, 0) is 69.1 Å². The van der Waals surface area contributed by atoms with E-state index in [0.29, 0.717) is 42.2 Å². The molecular formula is C28H38N4O4. The van der Waals surface area contributed by atoms with Gasteiger partial charge in [-0.25, -0.2) is 0 Å². The second kappa shape index (κ2) is 13.6. The third-order valence-electron chi connectivity index (χ3n) is 6.43. The summed E-state index contributed by atoms with van der Waals surface area (Å²) in [6.45, 7) is 6.36. The molecule has 1 aliphatic rings. The van der Waals surface area contributed by atoms with Gasteiger partial charge in [0, 0.05) is 36.8 Å². The zero-order chi connectivity index (χ0) is 25.9. The summed E-state index contributed by atoms with van der Waals surface area (Å²) in [5.74, 6) is 0.339. The topological polar surface area (TPSA) is 99.8 Å². The fourth-order valence-corrected chi connectivity index (χ4v) is 4.47. The Kier molecular flexibility index (Phi) is 10.3. The molecule has 3 amide bonds. The number of hydrogen-bond donors (Lipinski definition) is 3. The van der Waals surface area contributed by atoms with E-state index in [9.17, 15) is 14.4 Å². The molecular weight excluding hydrogens is 456 g/mol. The van der Waals surface area contributed by atoms with E-state index in [1.54, 1.807) is 43.5 Å². The molecule has 2 unspecified atom stereocenters. The molecule has 194 valence electrons. The smallest absolute Gasteiger partial charge is 0.255 e. The van der Waals surface area contributed by atoms with E-state index < -0.39 is 0 Å². The Hall–Kier alpha value is -3.39. The fourth-order valence-electron chi connectivity index (χ4n) is 4.47. The van der Waals surface area contributed by atoms with Gasteiger partial charge in [-0.1, -0.05) is 25.5 Å². The molecule has 2 aromatic rings. The molecule has 0 radical (unpaired) electrons. The largest absolute Gasteiger partial charge is 0.495 e. The van der Waals surface area contributed by atoms with Crippen LogP contribution in [0.1, 0.15) is 56.3 Å². The predicted octanol–water partition coefficient (Wildman–Crippen LogP) is 4.29. The van der Waals surface area contributed by atoms with Crippen LogP contribution in [0, 0.1) is 5.92 Å². The molecule has 8 nitrogen and oxygen atoms in total. The van der Waals surface area contributed by atoms with E-state index in [4.69, 9.17) is 4.74 Å². The summed E-state index contributed by atoms with van der Waals surface area (Å²) >= 11 is 0. The molecule has 2 atom stereocenters. The van der Waals surface area contributed by atoms with Gasteiger partial charge in [0.1, 0.15) is 5.75 Å². The Morgan fingerprint density at radius 3 is 2.56 bits per heavy atom. The Morgan fingerprint density at radius 2 is 1.83 bits per heavy atom. The Bertz CT molecular complexity index is 1020. The minimum Gasteiger partial charge on any atom is -0.495 e. The number of methoxy groups -OCH3 is 1. The zero-order valence-corrected chi connectivity index (χ0v) is 21.5. The highest BCUT2D eigenvalue weighted by Crippen LogP contribution is 2.24. The maximum absolute atomic E-state index is 12.6. The average Bonchev–Trinajstić information content (AvgIpc) is 2.88. The van der Waals surface area contributed by atoms with Crippen molar-refractivity contribution in [1.29, 1.82) is 0 Å². The molecule has 3 rings (SSSR count). The Morgan fingerprint density at radius 1 is 1.08 bits per heavy atom. The van der Waals surface area contributed by atoms with Crippen LogP contribution < -0.4 is 20.7 Å². The van der Waals surface area contributed by atoms with Gasteiger partial charge in [0.2, 0.25) is 11.8 Å². The maximum Gasteiger partial charge on any atom is 0.255 e. The van der Waals surface area contributed by atoms with Gasteiger partial charge in [0.15, 0.2) is 0 Å². The number of anilines is 2. The minimum absolute atomic E-state index is 0.0179. The highest BCUT2D eigenvalue weighted by molar-refractivity contribution is 6.05. The van der Waals surface area contributed by atoms with Crippen molar-refractivity contribution >= 4 is 29.1 Å². The Labute approximate surface area is 213 Å². The number of likely N-dealkylation sites (tertiary alicyclic amines) is 1. The first-order valence-electron chi connectivity index (χ1n) is 12.8. The van der Waals surface area contributed by atoms with E-state index in [0.717, 1.165) is 32.2 Å². The predicted molar refractivity (Wildman–Crippen MR) is 142 cm³/mol. The molecule has 8 heteroatoms. The summed E-state index contributed by atoms with van der Waals surface area (Å²) in [6.07, 6.45) is 4.23. The zero-order valence-electron chi connectivity index (χ0n) is 21.5. The second-order valence-corrected chi connectivity index (χ2v) is 9.37. The maximum atomic E-state index is 12.6. The van der Waals surface area contributed by atoms with Crippen LogP contribution in [0.3, 0.4) is 0 Å². The lowest BCUT2D eigenvalue weighted by atomic mass is 9.96. The van der Waals surface area contributed by atoms with E-state index in [1.807, 2.05) is 19.1 Å². The number of amides is 3. The number of hydrogen-bond acceptors (Lipinski definition) is 5. The van der Waals surface area contributed by atoms with Crippen LogP contribution in [-0.4, -0.2) is 55.4 Å². The van der Waals surface area contributed by atoms with Crippen LogP contribution >= 0.6 is 0 Å². The van der Waals surface area contributed by atoms with Crippen molar-refractivity contribution in [2.75, 3.05) is 37.4 Å². The Balaban J connectivity index is 1.44. The lowest BCUT2D eigenvalue weighted by Gasteiger charge is -2.32. The first kappa shape index (κ1) is 27.2. The number of carbonyl (C=O) groups is 3. The van der Waals surface area contributed by atoms with Crippen molar-refractivity contribution in [3.63, 3.8) is 0 Å². The van der Waals surface area contributed by atoms with Crippen molar-refractivity contribution in [3.8, 4) is 5.75 Å². The summed E-state index contributed by atoms with van der Waals surface area (Å²) in [4.78, 5) is 39.8. The molecule has 3 N–H and O–H groups in total. The number of para-hydroxylation sites is 2. The number of rotatable bonds is 11. The van der Waals surface area contributed by atoms with Crippen LogP contribution in [0.25, 0.3) is 0 Å². The van der Waals surface area contributed by atoms with Gasteiger partial charge in [-0.3, -0.25) is 14.4 Å². The van der Waals surface area contributed by atoms with Gasteiger partial charge in [0.05, 0.1) is 18.7 Å². The monoisotopic (exact) mass is 494 g/mol. The summed E-state index contributed by atoms with van der Waals surface area (Å²) in [7, 11) is 1.55. The molecule has 36 heavy (non-hydrogen) atoms. The van der Waals surface area contributed by atoms with Crippen LogP contribution in [0.5, 0.6) is 5.75 Å². The van der Waals surface area contributed by atoms with Crippen LogP contribution in [-0.2, 0) is 9.59 Å². The van der Waals surface area contributed by atoms with E-state index in [1.165, 1.54) is 0 Å². The van der Waals surface area contributed by atoms with Gasteiger partial charge in [-0.2, -0.15) is 0 Å². The van der Waals surface area contributed by atoms with E-state index in [-0.39, 0.29) is 29.7 Å². The van der Waals surface area contributed by atoms with Crippen molar-refractivity contribution in [3.05, 3.63) is 54.1 Å². The standard InChI is InChI=1S/C28H38N4O4/c1-4-8-20(2)29-28(35)22-9-7-17-32(19-22)18-16-26(33)30-23-14-12-21(13-15-23)27(34)31-24-10-5-6-11-25(24)36-3/h5-6,10-15,20,22H,4,7-9,16-19H2,1-3H3,(H,29,35)(H,30,33)(H,31,34). The number of nitrogens with one attached hydrogen (secondary N) is 3. The first-order valence-corrected chi connectivity index (χ1v) is 12.8. The number of ether oxygens (including phenoxy) is 1. The quantitative estimate of drug-likeness (QED) is 0.433. The molecule has 0 aliphatic carbocycles. The molecule has 1 saturated heterocycles. The molecule has 2 aromatic carbocycles. The van der Waals surface area contributed by atoms with Gasteiger partial charge in [-0.15, -0.1) is 0 Å². The number of carbonyl (C=O) groups excluding carboxylic acids is 3. The lowest BCUT2D eigenvalue weighted by molar-refractivity contribution is -0.127. The third-order valence-corrected chi connectivity index (χ3v) is 6.43. The molecule has 0 aromatic heterocycles. The number of nitrogens with zero attached hydrogens (tertiary/aromatic N) is 1. The van der Waals surface area contributed by atoms with Gasteiger partial charge in [0.25, 0.3) is 5.91 Å². The highest BCUT2D eigenvalue weighted by atomic mass is 16.5. The molecule has 0 saturated carbocycles. The summed E-state index contributed by atoms with van der Waals surface area (Å²) < 4.78 is 5.27. The summed E-state index contributed by atoms with van der Waals surface area (Å²) in [5.41, 5.74) is 1.70. The SMILES string of the molecule is CCCC(C)NC(=O)C1CCCN(CCC(=O)Nc2ccc(C(=O)Nc3ccccc3OC)cc2)C1. The van der Waals surface area contributed by atoms with Crippen LogP contribution in [0.4, 0.5) is 11.4 Å². The van der Waals surface area contributed by atoms with Crippen molar-refractivity contribution in [1.82, 2.24) is 10.2 Å². The van der Waals surface area contributed by atoms with Gasteiger partial charge < -0.3 is 25.6 Å². The van der Waals surface area contributed by atoms with Gasteiger partial charge >= 0.3 is 0 Å². The lowest BCUT2D eigenvalue weighted by Crippen LogP contribution is -2.45. The molecule has 0 bridgehead atoms. The normalized spacial score (nSPS) is 16.6. The van der Waals surface area contributed by atoms with Crippen molar-refractivity contribution < 1.29 is 19.1 Å². The van der Waals surface area contributed by atoms with Crippen LogP contribution in [0.2, 0.25) is 0 Å².